The first-order valence-electron chi connectivity index (χ1n) is 6.37. The van der Waals surface area contributed by atoms with E-state index in [0.29, 0.717) is 18.9 Å². The molecule has 0 radical (unpaired) electrons. The molecule has 0 atom stereocenters. The second-order valence-electron chi connectivity index (χ2n) is 4.07. The summed E-state index contributed by atoms with van der Waals surface area (Å²) in [7, 11) is 1.65. The maximum absolute atomic E-state index is 11.7. The van der Waals surface area contributed by atoms with Crippen LogP contribution in [0.1, 0.15) is 24.2 Å². The van der Waals surface area contributed by atoms with Crippen LogP contribution in [0.4, 0.5) is 0 Å². The number of ether oxygens (including phenoxy) is 2. The number of carboxylic acid groups (broad SMARTS) is 1. The third-order valence-electron chi connectivity index (χ3n) is 2.75. The minimum atomic E-state index is -1.13. The molecule has 6 nitrogen and oxygen atoms in total. The molecule has 1 rings (SSSR count). The van der Waals surface area contributed by atoms with Crippen LogP contribution in [-0.2, 0) is 4.79 Å². The SMILES string of the molecule is CCOc1cccc(C(=O)O)c1OCC(=O)N(C)CC. The van der Waals surface area contributed by atoms with E-state index in [1.807, 2.05) is 6.92 Å². The van der Waals surface area contributed by atoms with Crippen LogP contribution in [0, 0.1) is 0 Å². The van der Waals surface area contributed by atoms with Gasteiger partial charge in [-0.1, -0.05) is 6.07 Å². The first-order chi connectivity index (χ1) is 9.51. The van der Waals surface area contributed by atoms with E-state index < -0.39 is 5.97 Å². The van der Waals surface area contributed by atoms with Crippen molar-refractivity contribution in [1.29, 1.82) is 0 Å². The van der Waals surface area contributed by atoms with Crippen molar-refractivity contribution in [1.82, 2.24) is 4.90 Å². The van der Waals surface area contributed by atoms with Gasteiger partial charge in [0.25, 0.3) is 5.91 Å². The number of carboxylic acids is 1. The van der Waals surface area contributed by atoms with E-state index in [0.717, 1.165) is 0 Å². The molecule has 0 saturated carbocycles. The number of para-hydroxylation sites is 1. The van der Waals surface area contributed by atoms with Crippen LogP contribution in [0.3, 0.4) is 0 Å². The summed E-state index contributed by atoms with van der Waals surface area (Å²) in [5.41, 5.74) is -0.0251. The number of carbonyl (C=O) groups excluding carboxylic acids is 1. The Hall–Kier alpha value is -2.24. The van der Waals surface area contributed by atoms with Crippen LogP contribution < -0.4 is 9.47 Å². The molecule has 0 aliphatic rings. The van der Waals surface area contributed by atoms with E-state index >= 15 is 0 Å². The first-order valence-corrected chi connectivity index (χ1v) is 6.37. The number of hydrogen-bond acceptors (Lipinski definition) is 4. The van der Waals surface area contributed by atoms with Crippen LogP contribution in [0.2, 0.25) is 0 Å². The van der Waals surface area contributed by atoms with Gasteiger partial charge in [-0.25, -0.2) is 4.79 Å². The average Bonchev–Trinajstić information content (AvgIpc) is 2.44. The lowest BCUT2D eigenvalue weighted by Crippen LogP contribution is -2.31. The summed E-state index contributed by atoms with van der Waals surface area (Å²) in [5, 5.41) is 9.15. The highest BCUT2D eigenvalue weighted by atomic mass is 16.5. The maximum atomic E-state index is 11.7. The highest BCUT2D eigenvalue weighted by Crippen LogP contribution is 2.31. The predicted octanol–water partition coefficient (Wildman–Crippen LogP) is 1.64. The summed E-state index contributed by atoms with van der Waals surface area (Å²) in [6, 6.07) is 4.59. The van der Waals surface area contributed by atoms with Crippen molar-refractivity contribution >= 4 is 11.9 Å². The summed E-state index contributed by atoms with van der Waals surface area (Å²) in [6.07, 6.45) is 0. The Kier molecular flexibility index (Phi) is 5.83. The summed E-state index contributed by atoms with van der Waals surface area (Å²) >= 11 is 0. The fourth-order valence-corrected chi connectivity index (χ4v) is 1.52. The normalized spacial score (nSPS) is 9.95. The van der Waals surface area contributed by atoms with Crippen LogP contribution in [0.5, 0.6) is 11.5 Å². The Labute approximate surface area is 117 Å². The zero-order valence-corrected chi connectivity index (χ0v) is 11.9. The lowest BCUT2D eigenvalue weighted by Gasteiger charge is -2.17. The Morgan fingerprint density at radius 1 is 1.25 bits per heavy atom. The summed E-state index contributed by atoms with van der Waals surface area (Å²) in [4.78, 5) is 24.4. The largest absolute Gasteiger partial charge is 0.490 e. The average molecular weight is 281 g/mol. The molecule has 0 unspecified atom stereocenters. The standard InChI is InChI=1S/C14H19NO5/c1-4-15(3)12(16)9-20-13-10(14(17)18)7-6-8-11(13)19-5-2/h6-8H,4-5,9H2,1-3H3,(H,17,18). The van der Waals surface area contributed by atoms with E-state index in [9.17, 15) is 9.59 Å². The number of likely N-dealkylation sites (N-methyl/N-ethyl adjacent to an activating group) is 1. The number of amides is 1. The lowest BCUT2D eigenvalue weighted by atomic mass is 10.2. The van der Waals surface area contributed by atoms with E-state index in [-0.39, 0.29) is 23.8 Å². The van der Waals surface area contributed by atoms with Gasteiger partial charge < -0.3 is 19.5 Å². The molecular weight excluding hydrogens is 262 g/mol. The van der Waals surface area contributed by atoms with Gasteiger partial charge in [0, 0.05) is 13.6 Å². The quantitative estimate of drug-likeness (QED) is 0.822. The van der Waals surface area contributed by atoms with Gasteiger partial charge in [-0.3, -0.25) is 4.79 Å². The van der Waals surface area contributed by atoms with Crippen LogP contribution in [0.15, 0.2) is 18.2 Å². The smallest absolute Gasteiger partial charge is 0.339 e. The van der Waals surface area contributed by atoms with Gasteiger partial charge >= 0.3 is 5.97 Å². The second kappa shape index (κ2) is 7.37. The molecule has 0 aliphatic carbocycles. The fourth-order valence-electron chi connectivity index (χ4n) is 1.52. The number of nitrogens with zero attached hydrogens (tertiary/aromatic N) is 1. The highest BCUT2D eigenvalue weighted by Gasteiger charge is 2.18. The topological polar surface area (TPSA) is 76.1 Å². The van der Waals surface area contributed by atoms with Gasteiger partial charge in [0.2, 0.25) is 0 Å². The van der Waals surface area contributed by atoms with Crippen molar-refractivity contribution < 1.29 is 24.2 Å². The number of benzene rings is 1. The van der Waals surface area contributed by atoms with Gasteiger partial charge in [-0.2, -0.15) is 0 Å². The van der Waals surface area contributed by atoms with E-state index in [1.54, 1.807) is 26.1 Å². The van der Waals surface area contributed by atoms with E-state index in [4.69, 9.17) is 14.6 Å². The van der Waals surface area contributed by atoms with Gasteiger partial charge in [-0.15, -0.1) is 0 Å². The number of rotatable bonds is 7. The molecule has 0 fully saturated rings. The van der Waals surface area contributed by atoms with Gasteiger partial charge in [0.15, 0.2) is 18.1 Å². The van der Waals surface area contributed by atoms with E-state index in [1.165, 1.54) is 11.0 Å². The highest BCUT2D eigenvalue weighted by molar-refractivity contribution is 5.92. The molecule has 6 heteroatoms. The fraction of sp³-hybridized carbons (Fsp3) is 0.429. The molecule has 0 heterocycles. The molecule has 1 N–H and O–H groups in total. The molecule has 1 aromatic carbocycles. The maximum Gasteiger partial charge on any atom is 0.339 e. The van der Waals surface area contributed by atoms with Crippen molar-refractivity contribution in [3.63, 3.8) is 0 Å². The van der Waals surface area contributed by atoms with Crippen molar-refractivity contribution in [2.75, 3.05) is 26.8 Å². The van der Waals surface area contributed by atoms with Gasteiger partial charge in [0.1, 0.15) is 5.56 Å². The molecule has 0 aliphatic heterocycles. The summed E-state index contributed by atoms with van der Waals surface area (Å²) in [5.74, 6) is -0.952. The van der Waals surface area contributed by atoms with Gasteiger partial charge in [0.05, 0.1) is 6.61 Å². The van der Waals surface area contributed by atoms with Crippen molar-refractivity contribution in [3.05, 3.63) is 23.8 Å². The molecule has 1 aromatic rings. The summed E-state index contributed by atoms with van der Waals surface area (Å²) < 4.78 is 10.7. The monoisotopic (exact) mass is 281 g/mol. The van der Waals surface area contributed by atoms with Crippen LogP contribution in [0.25, 0.3) is 0 Å². The molecule has 0 saturated heterocycles. The first kappa shape index (κ1) is 15.8. The predicted molar refractivity (Wildman–Crippen MR) is 73.4 cm³/mol. The molecule has 0 aromatic heterocycles. The summed E-state index contributed by atoms with van der Waals surface area (Å²) in [6.45, 7) is 4.33. The van der Waals surface area contributed by atoms with Crippen molar-refractivity contribution in [3.8, 4) is 11.5 Å². The van der Waals surface area contributed by atoms with E-state index in [2.05, 4.69) is 0 Å². The van der Waals surface area contributed by atoms with Crippen LogP contribution in [-0.4, -0.2) is 48.7 Å². The molecule has 20 heavy (non-hydrogen) atoms. The van der Waals surface area contributed by atoms with Gasteiger partial charge in [-0.05, 0) is 26.0 Å². The van der Waals surface area contributed by atoms with Crippen LogP contribution >= 0.6 is 0 Å². The molecule has 110 valence electrons. The number of aromatic carboxylic acids is 1. The third kappa shape index (κ3) is 3.88. The number of hydrogen-bond donors (Lipinski definition) is 1. The lowest BCUT2D eigenvalue weighted by molar-refractivity contribution is -0.131. The Morgan fingerprint density at radius 3 is 2.50 bits per heavy atom. The number of carbonyl (C=O) groups is 2. The molecule has 1 amide bonds. The Morgan fingerprint density at radius 2 is 1.95 bits per heavy atom. The third-order valence-corrected chi connectivity index (χ3v) is 2.75. The Balaban J connectivity index is 2.96. The Bertz CT molecular complexity index is 486. The molecule has 0 spiro atoms. The van der Waals surface area contributed by atoms with Crippen molar-refractivity contribution in [2.24, 2.45) is 0 Å². The molecular formula is C14H19NO5. The van der Waals surface area contributed by atoms with Crippen molar-refractivity contribution in [2.45, 2.75) is 13.8 Å². The second-order valence-corrected chi connectivity index (χ2v) is 4.07. The zero-order valence-electron chi connectivity index (χ0n) is 11.9. The molecule has 0 bridgehead atoms. The minimum absolute atomic E-state index is 0.0251. The minimum Gasteiger partial charge on any atom is -0.490 e. The zero-order chi connectivity index (χ0) is 15.1.